The monoisotopic (exact) mass is 843 g/mol. The van der Waals surface area contributed by atoms with Crippen molar-refractivity contribution in [2.75, 3.05) is 13.2 Å². The summed E-state index contributed by atoms with van der Waals surface area (Å²) < 4.78 is 60.9. The van der Waals surface area contributed by atoms with E-state index in [2.05, 4.69) is 0 Å². The number of ether oxygens (including phenoxy) is 10. The van der Waals surface area contributed by atoms with E-state index in [-0.39, 0.29) is 25.4 Å². The molecule has 2 aliphatic rings. The Morgan fingerprint density at radius 2 is 0.984 bits per heavy atom. The topological polar surface area (TPSA) is 207 Å². The van der Waals surface area contributed by atoms with E-state index in [9.17, 15) is 24.3 Å². The zero-order valence-corrected chi connectivity index (χ0v) is 33.6. The van der Waals surface area contributed by atoms with Gasteiger partial charge < -0.3 is 58.2 Å². The van der Waals surface area contributed by atoms with E-state index in [1.807, 2.05) is 91.0 Å². The number of primary amides is 1. The van der Waals surface area contributed by atoms with Crippen LogP contribution in [0.4, 0.5) is 4.79 Å². The fourth-order valence-electron chi connectivity index (χ4n) is 6.89. The largest absolute Gasteiger partial charge is 0.463 e. The van der Waals surface area contributed by atoms with Crippen LogP contribution < -0.4 is 5.73 Å². The van der Waals surface area contributed by atoms with Crippen molar-refractivity contribution in [2.45, 2.75) is 95.1 Å². The number of rotatable bonds is 18. The summed E-state index contributed by atoms with van der Waals surface area (Å²) >= 11 is 0. The standard InChI is InChI=1S/C45H49NO15/c1-28(47)52-26-34-36(54-23-30-15-7-3-8-16-30)39(61-45(46)51)41(56-25-32-19-11-5-12-20-32)44(58-34)60-40-38(55-24-31-17-9-4-10-18-31)37(35(57-43(40)50)27-53-29(2)48)59-42(49)33-21-13-6-14-22-33/h3-22,34-41,43-44,50H,23-27H2,1-2H3,(H2,46,51)/t34-,35+,36-,37-,38+,39+,40+,41+,43?,44-/m1/s1. The lowest BCUT2D eigenvalue weighted by Gasteiger charge is -2.48. The molecule has 1 amide bonds. The van der Waals surface area contributed by atoms with E-state index in [4.69, 9.17) is 53.1 Å². The molecule has 16 nitrogen and oxygen atoms in total. The van der Waals surface area contributed by atoms with Gasteiger partial charge >= 0.3 is 24.0 Å². The summed E-state index contributed by atoms with van der Waals surface area (Å²) in [7, 11) is 0. The van der Waals surface area contributed by atoms with Crippen LogP contribution in [-0.2, 0) is 76.8 Å². The highest BCUT2D eigenvalue weighted by Crippen LogP contribution is 2.36. The van der Waals surface area contributed by atoms with Crippen molar-refractivity contribution in [1.82, 2.24) is 0 Å². The molecule has 3 N–H and O–H groups in total. The summed E-state index contributed by atoms with van der Waals surface area (Å²) in [5, 5.41) is 11.8. The Morgan fingerprint density at radius 3 is 1.46 bits per heavy atom. The Kier molecular flexibility index (Phi) is 16.3. The van der Waals surface area contributed by atoms with Gasteiger partial charge in [-0.15, -0.1) is 0 Å². The number of nitrogens with two attached hydrogens (primary N) is 1. The normalized spacial score (nSPS) is 26.1. The van der Waals surface area contributed by atoms with Crippen LogP contribution in [0.2, 0.25) is 0 Å². The van der Waals surface area contributed by atoms with Crippen LogP contribution in [-0.4, -0.2) is 104 Å². The lowest BCUT2D eigenvalue weighted by atomic mass is 9.96. The number of aliphatic hydroxyl groups excluding tert-OH is 1. The molecule has 0 aromatic heterocycles. The lowest BCUT2D eigenvalue weighted by molar-refractivity contribution is -0.371. The minimum atomic E-state index is -1.83. The van der Waals surface area contributed by atoms with Crippen molar-refractivity contribution in [1.29, 1.82) is 0 Å². The maximum Gasteiger partial charge on any atom is 0.404 e. The predicted molar refractivity (Wildman–Crippen MR) is 213 cm³/mol. The number of amides is 1. The molecule has 324 valence electrons. The minimum absolute atomic E-state index is 0.0176. The Morgan fingerprint density at radius 1 is 0.541 bits per heavy atom. The molecule has 2 aliphatic heterocycles. The molecule has 10 atom stereocenters. The first-order chi connectivity index (χ1) is 29.5. The van der Waals surface area contributed by atoms with Gasteiger partial charge in [0, 0.05) is 13.8 Å². The van der Waals surface area contributed by atoms with Crippen molar-refractivity contribution in [3.8, 4) is 0 Å². The van der Waals surface area contributed by atoms with E-state index in [0.717, 1.165) is 16.7 Å². The van der Waals surface area contributed by atoms with Crippen LogP contribution in [0.15, 0.2) is 121 Å². The molecule has 4 aromatic rings. The summed E-state index contributed by atoms with van der Waals surface area (Å²) in [4.78, 5) is 50.5. The van der Waals surface area contributed by atoms with E-state index in [0.29, 0.717) is 0 Å². The van der Waals surface area contributed by atoms with Gasteiger partial charge in [-0.25, -0.2) is 9.59 Å². The number of hydrogen-bond acceptors (Lipinski definition) is 15. The lowest BCUT2D eigenvalue weighted by Crippen LogP contribution is -2.66. The van der Waals surface area contributed by atoms with Crippen LogP contribution in [0.25, 0.3) is 0 Å². The van der Waals surface area contributed by atoms with Gasteiger partial charge in [-0.2, -0.15) is 0 Å². The number of aliphatic hydroxyl groups is 1. The number of benzene rings is 4. The smallest absolute Gasteiger partial charge is 0.404 e. The third-order valence-electron chi connectivity index (χ3n) is 9.75. The average Bonchev–Trinajstić information content (AvgIpc) is 3.26. The molecular weight excluding hydrogens is 794 g/mol. The molecule has 16 heteroatoms. The van der Waals surface area contributed by atoms with Crippen LogP contribution in [0, 0.1) is 0 Å². The zero-order chi connectivity index (χ0) is 43.1. The van der Waals surface area contributed by atoms with Crippen LogP contribution in [0.5, 0.6) is 0 Å². The van der Waals surface area contributed by atoms with Gasteiger partial charge in [0.05, 0.1) is 25.4 Å². The third-order valence-corrected chi connectivity index (χ3v) is 9.75. The van der Waals surface area contributed by atoms with E-state index in [1.54, 1.807) is 30.3 Å². The first-order valence-electron chi connectivity index (χ1n) is 19.7. The first kappa shape index (κ1) is 44.8. The Labute approximate surface area is 352 Å². The molecule has 61 heavy (non-hydrogen) atoms. The zero-order valence-electron chi connectivity index (χ0n) is 33.6. The van der Waals surface area contributed by atoms with Gasteiger partial charge in [0.1, 0.15) is 49.8 Å². The van der Waals surface area contributed by atoms with Gasteiger partial charge in [-0.3, -0.25) is 9.59 Å². The predicted octanol–water partition coefficient (Wildman–Crippen LogP) is 4.39. The van der Waals surface area contributed by atoms with Gasteiger partial charge in [-0.05, 0) is 28.8 Å². The molecule has 6 rings (SSSR count). The van der Waals surface area contributed by atoms with Crippen LogP contribution in [0.3, 0.4) is 0 Å². The summed E-state index contributed by atoms with van der Waals surface area (Å²) in [6.07, 6.45) is -15.1. The Bertz CT molecular complexity index is 1990. The fourth-order valence-corrected chi connectivity index (χ4v) is 6.89. The second-order valence-corrected chi connectivity index (χ2v) is 14.2. The number of carbonyl (C=O) groups is 4. The average molecular weight is 844 g/mol. The maximum atomic E-state index is 13.7. The van der Waals surface area contributed by atoms with Gasteiger partial charge in [0.15, 0.2) is 24.8 Å². The summed E-state index contributed by atoms with van der Waals surface area (Å²) in [6.45, 7) is 1.50. The van der Waals surface area contributed by atoms with E-state index >= 15 is 0 Å². The van der Waals surface area contributed by atoms with Crippen LogP contribution in [0.1, 0.15) is 40.9 Å². The maximum absolute atomic E-state index is 13.7. The highest BCUT2D eigenvalue weighted by atomic mass is 16.8. The molecule has 0 spiro atoms. The van der Waals surface area contributed by atoms with Crippen molar-refractivity contribution < 1.29 is 71.7 Å². The van der Waals surface area contributed by atoms with Crippen LogP contribution >= 0.6 is 0 Å². The highest BCUT2D eigenvalue weighted by Gasteiger charge is 2.55. The van der Waals surface area contributed by atoms with Gasteiger partial charge in [-0.1, -0.05) is 109 Å². The highest BCUT2D eigenvalue weighted by molar-refractivity contribution is 5.89. The quantitative estimate of drug-likeness (QED) is 0.105. The second-order valence-electron chi connectivity index (χ2n) is 14.2. The molecule has 0 bridgehead atoms. The Hall–Kier alpha value is -5.72. The first-order valence-corrected chi connectivity index (χ1v) is 19.7. The van der Waals surface area contributed by atoms with Crippen molar-refractivity contribution in [2.24, 2.45) is 5.73 Å². The molecule has 2 heterocycles. The molecule has 4 aromatic carbocycles. The van der Waals surface area contributed by atoms with E-state index in [1.165, 1.54) is 13.8 Å². The van der Waals surface area contributed by atoms with Crippen molar-refractivity contribution in [3.63, 3.8) is 0 Å². The Balaban J connectivity index is 1.39. The fraction of sp³-hybridized carbons (Fsp3) is 0.378. The summed E-state index contributed by atoms with van der Waals surface area (Å²) in [6, 6.07) is 35.5. The number of hydrogen-bond donors (Lipinski definition) is 2. The molecule has 2 saturated heterocycles. The van der Waals surface area contributed by atoms with Gasteiger partial charge in [0.2, 0.25) is 0 Å². The van der Waals surface area contributed by atoms with Gasteiger partial charge in [0.25, 0.3) is 0 Å². The SMILES string of the molecule is CC(=O)OC[C@@H]1OC(O)[C@@H](O[C@H]2O[C@H](COC(C)=O)[C@@H](OCc3ccccc3)[C@H](OC(N)=O)[C@@H]2OCc2ccccc2)[C@@H](OCc2ccccc2)[C@@H]1OC(=O)c1ccccc1. The second kappa shape index (κ2) is 22.2. The van der Waals surface area contributed by atoms with Crippen molar-refractivity contribution in [3.05, 3.63) is 144 Å². The molecule has 0 saturated carbocycles. The molecule has 0 radical (unpaired) electrons. The minimum Gasteiger partial charge on any atom is -0.463 e. The summed E-state index contributed by atoms with van der Waals surface area (Å²) in [5.74, 6) is -2.05. The van der Waals surface area contributed by atoms with E-state index < -0.39 is 98.6 Å². The van der Waals surface area contributed by atoms with Crippen molar-refractivity contribution >= 4 is 24.0 Å². The summed E-state index contributed by atoms with van der Waals surface area (Å²) in [5.41, 5.74) is 8.09. The molecular formula is C45H49NO15. The molecule has 1 unspecified atom stereocenters. The number of carbonyl (C=O) groups excluding carboxylic acids is 4. The molecule has 0 aliphatic carbocycles. The number of esters is 3. The third kappa shape index (κ3) is 12.9. The molecule has 2 fully saturated rings.